The maximum atomic E-state index is 11.1. The van der Waals surface area contributed by atoms with E-state index in [-0.39, 0.29) is 11.9 Å². The normalized spacial score (nSPS) is 21.0. The minimum Gasteiger partial charge on any atom is -0.315 e. The molecule has 12 heavy (non-hydrogen) atoms. The van der Waals surface area contributed by atoms with Gasteiger partial charge in [-0.15, -0.1) is 0 Å². The van der Waals surface area contributed by atoms with Gasteiger partial charge in [0.25, 0.3) is 5.91 Å². The summed E-state index contributed by atoms with van der Waals surface area (Å²) in [6, 6.07) is 9.17. The van der Waals surface area contributed by atoms with Gasteiger partial charge in [-0.25, -0.2) is 0 Å². The molecule has 0 spiro atoms. The predicted molar refractivity (Wildman–Crippen MR) is 45.8 cm³/mol. The van der Waals surface area contributed by atoms with Crippen molar-refractivity contribution in [3.05, 3.63) is 35.9 Å². The molecule has 1 amide bonds. The fraction of sp³-hybridized carbons (Fsp3) is 0.111. The molecule has 1 N–H and O–H groups in total. The molecule has 0 radical (unpaired) electrons. The molecule has 3 nitrogen and oxygen atoms in total. The number of benzene rings is 1. The lowest BCUT2D eigenvalue weighted by molar-refractivity contribution is -0.120. The highest BCUT2D eigenvalue weighted by Crippen LogP contribution is 2.18. The number of hydrogen-bond donors (Lipinski definition) is 1. The van der Waals surface area contributed by atoms with Gasteiger partial charge in [0.15, 0.2) is 6.04 Å². The number of amides is 1. The number of hydrogen-bond acceptors (Lipinski definition) is 2. The lowest BCUT2D eigenvalue weighted by Crippen LogP contribution is -2.19. The summed E-state index contributed by atoms with van der Waals surface area (Å²) in [6.45, 7) is 0. The molecule has 1 aromatic carbocycles. The fourth-order valence-electron chi connectivity index (χ4n) is 1.19. The molecule has 1 aliphatic rings. The number of nitrogens with one attached hydrogen (secondary N) is 1. The first-order valence-electron chi connectivity index (χ1n) is 3.75. The van der Waals surface area contributed by atoms with Gasteiger partial charge in [0.2, 0.25) is 0 Å². The molecular formula is C9H8N2O. The van der Waals surface area contributed by atoms with Gasteiger partial charge in [0.1, 0.15) is 0 Å². The first kappa shape index (κ1) is 7.03. The van der Waals surface area contributed by atoms with Gasteiger partial charge in [0, 0.05) is 0 Å². The van der Waals surface area contributed by atoms with Crippen LogP contribution in [0.3, 0.4) is 0 Å². The second-order valence-corrected chi connectivity index (χ2v) is 2.60. The van der Waals surface area contributed by atoms with Crippen LogP contribution >= 0.6 is 0 Å². The molecule has 0 aromatic heterocycles. The monoisotopic (exact) mass is 160 g/mol. The van der Waals surface area contributed by atoms with E-state index < -0.39 is 0 Å². The number of carbonyl (C=O) groups is 1. The van der Waals surface area contributed by atoms with Crippen LogP contribution in [0.1, 0.15) is 11.6 Å². The second-order valence-electron chi connectivity index (χ2n) is 2.60. The van der Waals surface area contributed by atoms with Crippen LogP contribution in [-0.2, 0) is 4.79 Å². The van der Waals surface area contributed by atoms with Gasteiger partial charge in [0.05, 0.1) is 6.34 Å². The fourth-order valence-corrected chi connectivity index (χ4v) is 1.19. The van der Waals surface area contributed by atoms with Crippen LogP contribution in [0.5, 0.6) is 0 Å². The van der Waals surface area contributed by atoms with E-state index in [1.807, 2.05) is 30.3 Å². The summed E-state index contributed by atoms with van der Waals surface area (Å²) in [4.78, 5) is 15.1. The predicted octanol–water partition coefficient (Wildman–Crippen LogP) is 0.886. The molecule has 1 unspecified atom stereocenters. The van der Waals surface area contributed by atoms with Crippen molar-refractivity contribution in [1.29, 1.82) is 0 Å². The van der Waals surface area contributed by atoms with Crippen LogP contribution < -0.4 is 5.32 Å². The van der Waals surface area contributed by atoms with Gasteiger partial charge in [-0.1, -0.05) is 30.3 Å². The van der Waals surface area contributed by atoms with Crippen LogP contribution in [0, 0.1) is 0 Å². The van der Waals surface area contributed by atoms with Crippen molar-refractivity contribution < 1.29 is 4.79 Å². The van der Waals surface area contributed by atoms with E-state index in [0.717, 1.165) is 5.56 Å². The number of carbonyl (C=O) groups excluding carboxylic acids is 1. The van der Waals surface area contributed by atoms with Crippen molar-refractivity contribution >= 4 is 12.2 Å². The Bertz CT molecular complexity index is 319. The van der Waals surface area contributed by atoms with E-state index in [4.69, 9.17) is 0 Å². The Kier molecular flexibility index (Phi) is 1.63. The van der Waals surface area contributed by atoms with Gasteiger partial charge < -0.3 is 5.32 Å². The van der Waals surface area contributed by atoms with Crippen molar-refractivity contribution in [3.8, 4) is 0 Å². The topological polar surface area (TPSA) is 41.5 Å². The first-order chi connectivity index (χ1) is 5.88. The van der Waals surface area contributed by atoms with E-state index in [9.17, 15) is 4.79 Å². The summed E-state index contributed by atoms with van der Waals surface area (Å²) in [7, 11) is 0. The van der Waals surface area contributed by atoms with Crippen molar-refractivity contribution in [1.82, 2.24) is 5.32 Å². The average molecular weight is 160 g/mol. The van der Waals surface area contributed by atoms with E-state index in [0.29, 0.717) is 0 Å². The summed E-state index contributed by atoms with van der Waals surface area (Å²) >= 11 is 0. The van der Waals surface area contributed by atoms with Gasteiger partial charge in [-0.3, -0.25) is 9.79 Å². The highest BCUT2D eigenvalue weighted by Gasteiger charge is 2.21. The lowest BCUT2D eigenvalue weighted by Gasteiger charge is -2.03. The van der Waals surface area contributed by atoms with Crippen molar-refractivity contribution in [2.45, 2.75) is 6.04 Å². The minimum atomic E-state index is -0.341. The van der Waals surface area contributed by atoms with E-state index >= 15 is 0 Å². The smallest absolute Gasteiger partial charge is 0.254 e. The number of rotatable bonds is 1. The molecular weight excluding hydrogens is 152 g/mol. The Balaban J connectivity index is 2.31. The van der Waals surface area contributed by atoms with E-state index in [1.54, 1.807) is 0 Å². The third-order valence-electron chi connectivity index (χ3n) is 1.79. The van der Waals surface area contributed by atoms with E-state index in [1.165, 1.54) is 6.34 Å². The third kappa shape index (κ3) is 1.09. The zero-order valence-corrected chi connectivity index (χ0v) is 6.40. The number of aliphatic imine (C=N–C) groups is 1. The summed E-state index contributed by atoms with van der Waals surface area (Å²) in [5.41, 5.74) is 0.934. The lowest BCUT2D eigenvalue weighted by atomic mass is 10.1. The Morgan fingerprint density at radius 1 is 1.25 bits per heavy atom. The quantitative estimate of drug-likeness (QED) is 0.651. The molecule has 0 saturated heterocycles. The molecule has 3 heteroatoms. The Morgan fingerprint density at radius 2 is 2.00 bits per heavy atom. The standard InChI is InChI=1S/C9H8N2O/c12-9-8(10-6-11-9)7-4-2-1-3-5-7/h1-6,8H,(H,10,11,12). The SMILES string of the molecule is O=C1NC=NC1c1ccccc1. The Labute approximate surface area is 70.1 Å². The van der Waals surface area contributed by atoms with E-state index in [2.05, 4.69) is 10.3 Å². The first-order valence-corrected chi connectivity index (χ1v) is 3.75. The second kappa shape index (κ2) is 2.77. The average Bonchev–Trinajstić information content (AvgIpc) is 2.53. The van der Waals surface area contributed by atoms with Crippen molar-refractivity contribution in [2.75, 3.05) is 0 Å². The van der Waals surface area contributed by atoms with Crippen molar-refractivity contribution in [2.24, 2.45) is 4.99 Å². The maximum Gasteiger partial charge on any atom is 0.254 e. The van der Waals surface area contributed by atoms with Crippen LogP contribution in [0.15, 0.2) is 35.3 Å². The summed E-state index contributed by atoms with van der Waals surface area (Å²) in [5, 5.41) is 2.54. The Hall–Kier alpha value is -1.64. The van der Waals surface area contributed by atoms with Crippen LogP contribution in [0.4, 0.5) is 0 Å². The van der Waals surface area contributed by atoms with Crippen LogP contribution in [0.25, 0.3) is 0 Å². The molecule has 0 bridgehead atoms. The molecule has 1 aromatic rings. The maximum absolute atomic E-state index is 11.1. The molecule has 0 aliphatic carbocycles. The highest BCUT2D eigenvalue weighted by molar-refractivity contribution is 5.97. The highest BCUT2D eigenvalue weighted by atomic mass is 16.2. The molecule has 1 aliphatic heterocycles. The molecule has 2 rings (SSSR count). The number of nitrogens with zero attached hydrogens (tertiary/aromatic N) is 1. The zero-order chi connectivity index (χ0) is 8.39. The largest absolute Gasteiger partial charge is 0.315 e. The Morgan fingerprint density at radius 3 is 2.58 bits per heavy atom. The molecule has 0 saturated carbocycles. The van der Waals surface area contributed by atoms with Crippen LogP contribution in [0.2, 0.25) is 0 Å². The summed E-state index contributed by atoms with van der Waals surface area (Å²) in [6.07, 6.45) is 1.44. The summed E-state index contributed by atoms with van der Waals surface area (Å²) in [5.74, 6) is -0.0544. The van der Waals surface area contributed by atoms with Gasteiger partial charge in [-0.2, -0.15) is 0 Å². The van der Waals surface area contributed by atoms with Crippen molar-refractivity contribution in [3.63, 3.8) is 0 Å². The zero-order valence-electron chi connectivity index (χ0n) is 6.40. The third-order valence-corrected chi connectivity index (χ3v) is 1.79. The minimum absolute atomic E-state index is 0.0544. The molecule has 60 valence electrons. The van der Waals surface area contributed by atoms with Gasteiger partial charge >= 0.3 is 0 Å². The molecule has 1 atom stereocenters. The summed E-state index contributed by atoms with van der Waals surface area (Å²) < 4.78 is 0. The van der Waals surface area contributed by atoms with Gasteiger partial charge in [-0.05, 0) is 5.56 Å². The van der Waals surface area contributed by atoms with Crippen LogP contribution in [-0.4, -0.2) is 12.2 Å². The molecule has 0 fully saturated rings. The molecule has 1 heterocycles.